The van der Waals surface area contributed by atoms with Gasteiger partial charge in [0.05, 0.1) is 26.2 Å². The number of amides is 6. The predicted octanol–water partition coefficient (Wildman–Crippen LogP) is -5.75. The summed E-state index contributed by atoms with van der Waals surface area (Å²) < 4.78 is 0. The highest BCUT2D eigenvalue weighted by molar-refractivity contribution is 5.94. The molecule has 192 valence electrons. The van der Waals surface area contributed by atoms with Crippen LogP contribution in [-0.2, 0) is 33.6 Å². The van der Waals surface area contributed by atoms with Gasteiger partial charge in [-0.05, 0) is 20.8 Å². The van der Waals surface area contributed by atoms with E-state index in [0.29, 0.717) is 0 Å². The standard InChI is InChI=1S/C18H31N7O9/c1-8(22-12(27)4-19)15(30)20-5-13(28)23-9(2)16(31)21-6-14(29)24-10(3)17(32)25-11(7-26)18(33)34/h8-11,26H,4-7,19H2,1-3H3,(H,20,30)(H,21,31)(H,22,27)(H,23,28)(H,24,29)(H,25,32)(H,33,34)/t8-,9-,10-,11-/m0/s1. The van der Waals surface area contributed by atoms with Gasteiger partial charge in [0.15, 0.2) is 0 Å². The number of carboxylic acids is 1. The van der Waals surface area contributed by atoms with Crippen molar-refractivity contribution in [3.63, 3.8) is 0 Å². The maximum absolute atomic E-state index is 12.0. The fourth-order valence-corrected chi connectivity index (χ4v) is 2.21. The molecule has 0 aromatic heterocycles. The van der Waals surface area contributed by atoms with Crippen LogP contribution in [0, 0.1) is 0 Å². The maximum Gasteiger partial charge on any atom is 0.328 e. The highest BCUT2D eigenvalue weighted by Crippen LogP contribution is 1.89. The number of carbonyl (C=O) groups is 7. The summed E-state index contributed by atoms with van der Waals surface area (Å²) in [6, 6.07) is -4.69. The molecule has 16 heteroatoms. The molecular formula is C18H31N7O9. The van der Waals surface area contributed by atoms with Gasteiger partial charge in [-0.1, -0.05) is 0 Å². The lowest BCUT2D eigenvalue weighted by Gasteiger charge is -2.18. The van der Waals surface area contributed by atoms with Gasteiger partial charge in [0.25, 0.3) is 0 Å². The quantitative estimate of drug-likeness (QED) is 0.112. The van der Waals surface area contributed by atoms with E-state index in [2.05, 4.69) is 26.6 Å². The van der Waals surface area contributed by atoms with Crippen LogP contribution in [0.3, 0.4) is 0 Å². The fraction of sp³-hybridized carbons (Fsp3) is 0.611. The Bertz CT molecular complexity index is 790. The third-order valence-corrected chi connectivity index (χ3v) is 4.14. The normalized spacial score (nSPS) is 13.8. The first-order valence-corrected chi connectivity index (χ1v) is 10.1. The molecule has 4 atom stereocenters. The van der Waals surface area contributed by atoms with E-state index >= 15 is 0 Å². The summed E-state index contributed by atoms with van der Waals surface area (Å²) in [5.74, 6) is -5.72. The minimum atomic E-state index is -1.53. The number of aliphatic hydroxyl groups is 1. The molecule has 0 heterocycles. The molecule has 0 aliphatic rings. The molecule has 6 amide bonds. The lowest BCUT2D eigenvalue weighted by molar-refractivity contribution is -0.143. The van der Waals surface area contributed by atoms with E-state index in [1.807, 2.05) is 5.32 Å². The molecule has 0 unspecified atom stereocenters. The molecular weight excluding hydrogens is 458 g/mol. The van der Waals surface area contributed by atoms with Gasteiger partial charge in [-0.25, -0.2) is 4.79 Å². The molecule has 0 spiro atoms. The first-order valence-electron chi connectivity index (χ1n) is 10.1. The van der Waals surface area contributed by atoms with Crippen molar-refractivity contribution >= 4 is 41.4 Å². The molecule has 0 saturated heterocycles. The molecule has 0 bridgehead atoms. The Morgan fingerprint density at radius 2 is 1.06 bits per heavy atom. The van der Waals surface area contributed by atoms with Gasteiger partial charge < -0.3 is 47.8 Å². The Morgan fingerprint density at radius 1 is 0.676 bits per heavy atom. The smallest absolute Gasteiger partial charge is 0.328 e. The molecule has 10 N–H and O–H groups in total. The first-order chi connectivity index (χ1) is 15.8. The minimum Gasteiger partial charge on any atom is -0.480 e. The molecule has 0 aromatic rings. The van der Waals surface area contributed by atoms with Crippen LogP contribution in [0.5, 0.6) is 0 Å². The largest absolute Gasteiger partial charge is 0.480 e. The fourth-order valence-electron chi connectivity index (χ4n) is 2.21. The van der Waals surface area contributed by atoms with E-state index in [9.17, 15) is 33.6 Å². The zero-order chi connectivity index (χ0) is 26.4. The van der Waals surface area contributed by atoms with Crippen LogP contribution in [0.2, 0.25) is 0 Å². The molecule has 0 rings (SSSR count). The van der Waals surface area contributed by atoms with E-state index in [0.717, 1.165) is 0 Å². The van der Waals surface area contributed by atoms with Crippen molar-refractivity contribution in [3.05, 3.63) is 0 Å². The van der Waals surface area contributed by atoms with Gasteiger partial charge in [0, 0.05) is 0 Å². The van der Waals surface area contributed by atoms with Crippen LogP contribution in [0.1, 0.15) is 20.8 Å². The number of nitrogens with one attached hydrogen (secondary N) is 6. The van der Waals surface area contributed by atoms with E-state index in [1.165, 1.54) is 20.8 Å². The first kappa shape index (κ1) is 30.2. The Hall–Kier alpha value is -3.79. The number of carboxylic acid groups (broad SMARTS) is 1. The van der Waals surface area contributed by atoms with E-state index < -0.39 is 85.3 Å². The molecule has 0 aliphatic carbocycles. The van der Waals surface area contributed by atoms with Gasteiger partial charge >= 0.3 is 5.97 Å². The SMILES string of the molecule is C[C@H](NC(=O)CN)C(=O)NCC(=O)N[C@@H](C)C(=O)NCC(=O)N[C@@H](C)C(=O)N[C@@H](CO)C(=O)O. The van der Waals surface area contributed by atoms with Crippen molar-refractivity contribution in [2.75, 3.05) is 26.2 Å². The average Bonchev–Trinajstić information content (AvgIpc) is 2.78. The highest BCUT2D eigenvalue weighted by Gasteiger charge is 2.24. The maximum atomic E-state index is 12.0. The zero-order valence-electron chi connectivity index (χ0n) is 19.0. The summed E-state index contributed by atoms with van der Waals surface area (Å²) in [7, 11) is 0. The van der Waals surface area contributed by atoms with Gasteiger partial charge in [-0.3, -0.25) is 28.8 Å². The predicted molar refractivity (Wildman–Crippen MR) is 115 cm³/mol. The van der Waals surface area contributed by atoms with E-state index in [-0.39, 0.29) is 6.54 Å². The second kappa shape index (κ2) is 15.1. The van der Waals surface area contributed by atoms with E-state index in [1.54, 1.807) is 0 Å². The summed E-state index contributed by atoms with van der Waals surface area (Å²) >= 11 is 0. The zero-order valence-corrected chi connectivity index (χ0v) is 19.0. The second-order valence-electron chi connectivity index (χ2n) is 7.09. The van der Waals surface area contributed by atoms with Crippen molar-refractivity contribution < 1.29 is 43.8 Å². The number of rotatable bonds is 14. The van der Waals surface area contributed by atoms with Crippen molar-refractivity contribution in [1.82, 2.24) is 31.9 Å². The van der Waals surface area contributed by atoms with Crippen molar-refractivity contribution in [3.8, 4) is 0 Å². The lowest BCUT2D eigenvalue weighted by Crippen LogP contribution is -2.54. The van der Waals surface area contributed by atoms with E-state index in [4.69, 9.17) is 15.9 Å². The van der Waals surface area contributed by atoms with Crippen LogP contribution in [0.4, 0.5) is 0 Å². The summed E-state index contributed by atoms with van der Waals surface area (Å²) in [6.07, 6.45) is 0. The van der Waals surface area contributed by atoms with Crippen LogP contribution >= 0.6 is 0 Å². The molecule has 0 aromatic carbocycles. The van der Waals surface area contributed by atoms with Gasteiger partial charge in [0.2, 0.25) is 35.4 Å². The number of carbonyl (C=O) groups excluding carboxylic acids is 6. The Kier molecular flexibility index (Phi) is 13.4. The lowest BCUT2D eigenvalue weighted by atomic mass is 10.2. The molecule has 0 fully saturated rings. The van der Waals surface area contributed by atoms with Crippen molar-refractivity contribution in [1.29, 1.82) is 0 Å². The molecule has 0 radical (unpaired) electrons. The Balaban J connectivity index is 4.39. The van der Waals surface area contributed by atoms with Crippen LogP contribution in [0.25, 0.3) is 0 Å². The van der Waals surface area contributed by atoms with Gasteiger partial charge in [-0.2, -0.15) is 0 Å². The summed E-state index contributed by atoms with van der Waals surface area (Å²) in [5, 5.41) is 31.0. The van der Waals surface area contributed by atoms with Crippen molar-refractivity contribution in [2.24, 2.45) is 5.73 Å². The number of hydrogen-bond acceptors (Lipinski definition) is 9. The molecule has 16 nitrogen and oxygen atoms in total. The Morgan fingerprint density at radius 3 is 1.41 bits per heavy atom. The van der Waals surface area contributed by atoms with Crippen LogP contribution in [-0.4, -0.2) is 102 Å². The van der Waals surface area contributed by atoms with Crippen LogP contribution < -0.4 is 37.6 Å². The highest BCUT2D eigenvalue weighted by atomic mass is 16.4. The monoisotopic (exact) mass is 489 g/mol. The summed E-state index contributed by atoms with van der Waals surface area (Å²) in [4.78, 5) is 81.4. The summed E-state index contributed by atoms with van der Waals surface area (Å²) in [6.45, 7) is 1.83. The molecule has 34 heavy (non-hydrogen) atoms. The van der Waals surface area contributed by atoms with Crippen molar-refractivity contribution in [2.45, 2.75) is 44.9 Å². The van der Waals surface area contributed by atoms with Gasteiger partial charge in [-0.15, -0.1) is 0 Å². The summed E-state index contributed by atoms with van der Waals surface area (Å²) in [5.41, 5.74) is 5.12. The number of aliphatic hydroxyl groups excluding tert-OH is 1. The topological polar surface area (TPSA) is 258 Å². The third-order valence-electron chi connectivity index (χ3n) is 4.14. The number of hydrogen-bond donors (Lipinski definition) is 9. The molecule has 0 saturated carbocycles. The number of aliphatic carboxylic acids is 1. The second-order valence-corrected chi connectivity index (χ2v) is 7.09. The Labute approximate surface area is 194 Å². The van der Waals surface area contributed by atoms with Gasteiger partial charge in [0.1, 0.15) is 24.2 Å². The average molecular weight is 489 g/mol. The van der Waals surface area contributed by atoms with Crippen LogP contribution in [0.15, 0.2) is 0 Å². The minimum absolute atomic E-state index is 0.302. The number of nitrogens with two attached hydrogens (primary N) is 1. The third kappa shape index (κ3) is 11.7. The molecule has 0 aliphatic heterocycles.